The number of carbonyl (C=O) groups is 5. The topological polar surface area (TPSA) is 151 Å². The number of nitrogens with zero attached hydrogens (tertiary/aromatic N) is 1. The molecule has 3 atom stereocenters. The number of allylic oxidation sites excluding steroid dienone is 1. The third-order valence-electron chi connectivity index (χ3n) is 5.69. The summed E-state index contributed by atoms with van der Waals surface area (Å²) in [5.74, 6) is -1.53. The summed E-state index contributed by atoms with van der Waals surface area (Å²) in [5.41, 5.74) is 6.53. The number of hydrogen-bond acceptors (Lipinski definition) is 6. The first-order valence-corrected chi connectivity index (χ1v) is 12.1. The van der Waals surface area contributed by atoms with E-state index in [9.17, 15) is 24.0 Å². The molecule has 186 valence electrons. The minimum atomic E-state index is -0.898. The Kier molecular flexibility index (Phi) is 10.7. The largest absolute Gasteiger partial charge is 0.368 e. The average Bonchev–Trinajstić information content (AvgIpc) is 3.24. The van der Waals surface area contributed by atoms with Gasteiger partial charge in [0.2, 0.25) is 30.0 Å². The average molecular weight is 492 g/mol. The fraction of sp³-hybridized carbons (Fsp3) is 0.522. The molecule has 1 aliphatic carbocycles. The zero-order chi connectivity index (χ0) is 25.1. The maximum Gasteiger partial charge on any atom is 0.244 e. The first-order valence-electron chi connectivity index (χ1n) is 11.3. The molecule has 0 spiro atoms. The molecule has 0 aliphatic heterocycles. The summed E-state index contributed by atoms with van der Waals surface area (Å²) in [5, 5.41) is 9.65. The van der Waals surface area contributed by atoms with E-state index in [1.165, 1.54) is 29.4 Å². The summed E-state index contributed by atoms with van der Waals surface area (Å²) < 4.78 is 0. The van der Waals surface area contributed by atoms with Crippen molar-refractivity contribution in [1.82, 2.24) is 20.9 Å². The molecule has 5 N–H and O–H groups in total. The van der Waals surface area contributed by atoms with Gasteiger partial charge in [0.25, 0.3) is 0 Å². The van der Waals surface area contributed by atoms with E-state index in [0.29, 0.717) is 38.1 Å². The molecule has 3 unspecified atom stereocenters. The summed E-state index contributed by atoms with van der Waals surface area (Å²) in [6, 6.07) is 1.93. The Bertz CT molecular complexity index is 902. The van der Waals surface area contributed by atoms with Crippen molar-refractivity contribution < 1.29 is 24.0 Å². The van der Waals surface area contributed by atoms with Crippen molar-refractivity contribution in [2.45, 2.75) is 51.1 Å². The highest BCUT2D eigenvalue weighted by molar-refractivity contribution is 7.09. The van der Waals surface area contributed by atoms with E-state index in [0.717, 1.165) is 16.9 Å². The SMILES string of the molecule is CC1C/C1=C\C(=O)NCC(=O)N(C)C(Cc1cccs1)C(=O)NC(CCCCNC=O)C(N)=O. The lowest BCUT2D eigenvalue weighted by molar-refractivity contribution is -0.139. The van der Waals surface area contributed by atoms with Crippen LogP contribution < -0.4 is 21.7 Å². The summed E-state index contributed by atoms with van der Waals surface area (Å²) in [6.45, 7) is 2.24. The van der Waals surface area contributed by atoms with Crippen molar-refractivity contribution >= 4 is 41.4 Å². The molecule has 0 aromatic carbocycles. The van der Waals surface area contributed by atoms with E-state index in [1.54, 1.807) is 0 Å². The van der Waals surface area contributed by atoms with Crippen LogP contribution in [0.2, 0.25) is 0 Å². The molecule has 0 saturated heterocycles. The standard InChI is InChI=1S/C23H33N5O5S/c1-15-10-16(15)11-20(30)26-13-21(31)28(2)19(12-17-6-5-9-34-17)23(33)27-18(22(24)32)7-3-4-8-25-14-29/h5-6,9,11,14-15,18-19H,3-4,7-8,10,12-13H2,1-2H3,(H2,24,32)(H,25,29)(H,26,30)(H,27,33)/b16-11+. The van der Waals surface area contributed by atoms with Gasteiger partial charge < -0.3 is 26.6 Å². The molecule has 1 aromatic rings. The third kappa shape index (κ3) is 8.97. The van der Waals surface area contributed by atoms with Crippen LogP contribution in [0.3, 0.4) is 0 Å². The van der Waals surface area contributed by atoms with Gasteiger partial charge in [-0.1, -0.05) is 18.6 Å². The highest BCUT2D eigenvalue weighted by atomic mass is 32.1. The minimum Gasteiger partial charge on any atom is -0.368 e. The van der Waals surface area contributed by atoms with Crippen molar-refractivity contribution in [3.63, 3.8) is 0 Å². The molecular formula is C23H33N5O5S. The van der Waals surface area contributed by atoms with Gasteiger partial charge in [0.15, 0.2) is 0 Å². The lowest BCUT2D eigenvalue weighted by Crippen LogP contribution is -2.55. The molecule has 0 radical (unpaired) electrons. The van der Waals surface area contributed by atoms with E-state index in [4.69, 9.17) is 5.73 Å². The smallest absolute Gasteiger partial charge is 0.244 e. The molecular weight excluding hydrogens is 458 g/mol. The fourth-order valence-electron chi connectivity index (χ4n) is 3.39. The number of nitrogens with two attached hydrogens (primary N) is 1. The molecule has 34 heavy (non-hydrogen) atoms. The predicted molar refractivity (Wildman–Crippen MR) is 128 cm³/mol. The first kappa shape index (κ1) is 27.0. The normalized spacial score (nSPS) is 17.4. The number of primary amides is 1. The second-order valence-corrected chi connectivity index (χ2v) is 9.41. The van der Waals surface area contributed by atoms with Gasteiger partial charge in [-0.2, -0.15) is 0 Å². The third-order valence-corrected chi connectivity index (χ3v) is 6.59. The van der Waals surface area contributed by atoms with Gasteiger partial charge in [0.05, 0.1) is 6.54 Å². The molecule has 5 amide bonds. The molecule has 1 fully saturated rings. The van der Waals surface area contributed by atoms with Crippen LogP contribution in [0.5, 0.6) is 0 Å². The van der Waals surface area contributed by atoms with E-state index >= 15 is 0 Å². The van der Waals surface area contributed by atoms with Crippen molar-refractivity contribution in [3.05, 3.63) is 34.0 Å². The molecule has 10 nitrogen and oxygen atoms in total. The maximum atomic E-state index is 13.1. The van der Waals surface area contributed by atoms with Gasteiger partial charge >= 0.3 is 0 Å². The number of amides is 5. The minimum absolute atomic E-state index is 0.245. The Morgan fingerprint density at radius 3 is 2.62 bits per heavy atom. The van der Waals surface area contributed by atoms with Crippen LogP contribution in [0.15, 0.2) is 29.2 Å². The second kappa shape index (κ2) is 13.5. The number of nitrogens with one attached hydrogen (secondary N) is 3. The summed E-state index contributed by atoms with van der Waals surface area (Å²) in [6.07, 6.45) is 4.77. The Morgan fingerprint density at radius 2 is 2.03 bits per heavy atom. The van der Waals surface area contributed by atoms with Crippen LogP contribution in [-0.2, 0) is 30.4 Å². The van der Waals surface area contributed by atoms with Gasteiger partial charge in [-0.25, -0.2) is 0 Å². The Hall–Kier alpha value is -3.21. The van der Waals surface area contributed by atoms with Crippen molar-refractivity contribution in [1.29, 1.82) is 0 Å². The Morgan fingerprint density at radius 1 is 1.29 bits per heavy atom. The fourth-order valence-corrected chi connectivity index (χ4v) is 4.13. The number of thiophene rings is 1. The zero-order valence-electron chi connectivity index (χ0n) is 19.5. The van der Waals surface area contributed by atoms with Crippen LogP contribution >= 0.6 is 11.3 Å². The predicted octanol–water partition coefficient (Wildman–Crippen LogP) is 0.0864. The lowest BCUT2D eigenvalue weighted by atomic mass is 10.1. The van der Waals surface area contributed by atoms with Gasteiger partial charge in [-0.05, 0) is 43.0 Å². The van der Waals surface area contributed by atoms with E-state index in [-0.39, 0.29) is 18.9 Å². The molecule has 2 rings (SSSR count). The van der Waals surface area contributed by atoms with Crippen molar-refractivity contribution in [3.8, 4) is 0 Å². The van der Waals surface area contributed by atoms with Gasteiger partial charge in [-0.3, -0.25) is 24.0 Å². The molecule has 1 aromatic heterocycles. The molecule has 1 saturated carbocycles. The van der Waals surface area contributed by atoms with E-state index < -0.39 is 29.8 Å². The van der Waals surface area contributed by atoms with Gasteiger partial charge in [0.1, 0.15) is 12.1 Å². The van der Waals surface area contributed by atoms with Gasteiger partial charge in [-0.15, -0.1) is 11.3 Å². The highest BCUT2D eigenvalue weighted by Gasteiger charge is 2.30. The van der Waals surface area contributed by atoms with Gasteiger partial charge in [0, 0.05) is 31.0 Å². The van der Waals surface area contributed by atoms with E-state index in [2.05, 4.69) is 16.0 Å². The Balaban J connectivity index is 2.00. The highest BCUT2D eigenvalue weighted by Crippen LogP contribution is 2.36. The van der Waals surface area contributed by atoms with Crippen molar-refractivity contribution in [2.75, 3.05) is 20.1 Å². The lowest BCUT2D eigenvalue weighted by Gasteiger charge is -2.28. The second-order valence-electron chi connectivity index (χ2n) is 8.38. The summed E-state index contributed by atoms with van der Waals surface area (Å²) in [7, 11) is 1.50. The number of hydrogen-bond donors (Lipinski definition) is 4. The number of rotatable bonds is 15. The monoisotopic (exact) mass is 491 g/mol. The number of carbonyl (C=O) groups excluding carboxylic acids is 5. The van der Waals surface area contributed by atoms with E-state index in [1.807, 2.05) is 24.4 Å². The molecule has 1 aliphatic rings. The number of likely N-dealkylation sites (N-methyl/N-ethyl adjacent to an activating group) is 1. The first-order chi connectivity index (χ1) is 16.2. The quantitative estimate of drug-likeness (QED) is 0.156. The van der Waals surface area contributed by atoms with Crippen LogP contribution in [0.4, 0.5) is 0 Å². The van der Waals surface area contributed by atoms with Crippen LogP contribution in [0, 0.1) is 5.92 Å². The number of unbranched alkanes of at least 4 members (excludes halogenated alkanes) is 1. The molecule has 0 bridgehead atoms. The van der Waals surface area contributed by atoms with Crippen LogP contribution in [-0.4, -0.2) is 67.2 Å². The van der Waals surface area contributed by atoms with Crippen LogP contribution in [0.1, 0.15) is 37.5 Å². The molecule has 1 heterocycles. The van der Waals surface area contributed by atoms with Crippen molar-refractivity contribution in [2.24, 2.45) is 11.7 Å². The zero-order valence-corrected chi connectivity index (χ0v) is 20.4. The summed E-state index contributed by atoms with van der Waals surface area (Å²) in [4.78, 5) is 62.3. The summed E-state index contributed by atoms with van der Waals surface area (Å²) >= 11 is 1.45. The Labute approximate surface area is 203 Å². The molecule has 11 heteroatoms. The van der Waals surface area contributed by atoms with Crippen LogP contribution in [0.25, 0.3) is 0 Å². The maximum absolute atomic E-state index is 13.1.